The van der Waals surface area contributed by atoms with Crippen molar-refractivity contribution in [2.45, 2.75) is 76.9 Å². The van der Waals surface area contributed by atoms with Gasteiger partial charge in [0.2, 0.25) is 0 Å². The molecular weight excluding hydrogens is 284 g/mol. The van der Waals surface area contributed by atoms with Crippen LogP contribution in [0.2, 0.25) is 0 Å². The second-order valence-corrected chi connectivity index (χ2v) is 7.70. The Kier molecular flexibility index (Phi) is 5.76. The molecule has 0 bridgehead atoms. The molecule has 2 aliphatic rings. The first-order chi connectivity index (χ1) is 11.2. The molecule has 23 heavy (non-hydrogen) atoms. The highest BCUT2D eigenvalue weighted by Crippen LogP contribution is 2.46. The van der Waals surface area contributed by atoms with Gasteiger partial charge in [-0.25, -0.2) is 0 Å². The molecular formula is C21H31O2. The molecule has 0 amide bonds. The van der Waals surface area contributed by atoms with E-state index in [0.29, 0.717) is 17.8 Å². The molecule has 127 valence electrons. The van der Waals surface area contributed by atoms with Crippen LogP contribution < -0.4 is 0 Å². The maximum Gasteiger partial charge on any atom is 0.0574 e. The first kappa shape index (κ1) is 17.0. The van der Waals surface area contributed by atoms with Crippen molar-refractivity contribution in [3.05, 3.63) is 35.4 Å². The molecule has 3 rings (SSSR count). The summed E-state index contributed by atoms with van der Waals surface area (Å²) in [7, 11) is 0. The maximum atomic E-state index is 10.5. The van der Waals surface area contributed by atoms with Crippen molar-refractivity contribution in [2.75, 3.05) is 0 Å². The molecule has 1 aromatic carbocycles. The zero-order valence-corrected chi connectivity index (χ0v) is 14.4. The predicted octanol–water partition coefficient (Wildman–Crippen LogP) is 3.92. The number of aliphatic hydroxyl groups excluding tert-OH is 2. The Balaban J connectivity index is 1.56. The van der Waals surface area contributed by atoms with E-state index in [1.807, 2.05) is 6.07 Å². The Morgan fingerprint density at radius 2 is 2.13 bits per heavy atom. The molecule has 2 nitrogen and oxygen atoms in total. The fourth-order valence-corrected chi connectivity index (χ4v) is 4.82. The number of unbranched alkanes of at least 4 members (excludes halogenated alkanes) is 2. The van der Waals surface area contributed by atoms with Gasteiger partial charge in [0.1, 0.15) is 0 Å². The number of rotatable bonds is 7. The lowest BCUT2D eigenvalue weighted by Gasteiger charge is -2.31. The first-order valence-electron chi connectivity index (χ1n) is 9.53. The zero-order chi connectivity index (χ0) is 16.2. The lowest BCUT2D eigenvalue weighted by atomic mass is 9.74. The van der Waals surface area contributed by atoms with Gasteiger partial charge in [0, 0.05) is 0 Å². The van der Waals surface area contributed by atoms with Crippen LogP contribution in [0.1, 0.15) is 63.0 Å². The summed E-state index contributed by atoms with van der Waals surface area (Å²) in [5.74, 6) is 1.57. The van der Waals surface area contributed by atoms with Crippen molar-refractivity contribution in [1.82, 2.24) is 0 Å². The predicted molar refractivity (Wildman–Crippen MR) is 93.2 cm³/mol. The molecule has 0 aliphatic heterocycles. The van der Waals surface area contributed by atoms with Crippen LogP contribution in [-0.4, -0.2) is 22.4 Å². The van der Waals surface area contributed by atoms with Gasteiger partial charge in [0.05, 0.1) is 12.2 Å². The van der Waals surface area contributed by atoms with E-state index < -0.39 is 0 Å². The van der Waals surface area contributed by atoms with Crippen LogP contribution in [0, 0.1) is 23.8 Å². The molecule has 1 aromatic rings. The highest BCUT2D eigenvalue weighted by atomic mass is 16.3. The van der Waals surface area contributed by atoms with Crippen LogP contribution in [0.5, 0.6) is 0 Å². The van der Waals surface area contributed by atoms with Gasteiger partial charge in [0.15, 0.2) is 0 Å². The average Bonchev–Trinajstić information content (AvgIpc) is 2.85. The Morgan fingerprint density at radius 3 is 2.96 bits per heavy atom. The monoisotopic (exact) mass is 315 g/mol. The third kappa shape index (κ3) is 3.97. The highest BCUT2D eigenvalue weighted by molar-refractivity contribution is 5.30. The lowest BCUT2D eigenvalue weighted by molar-refractivity contribution is 0.0870. The van der Waals surface area contributed by atoms with Gasteiger partial charge >= 0.3 is 0 Å². The number of fused-ring (bicyclic) bond motifs is 2. The van der Waals surface area contributed by atoms with E-state index in [0.717, 1.165) is 44.9 Å². The summed E-state index contributed by atoms with van der Waals surface area (Å²) in [6, 6.07) is 9.70. The van der Waals surface area contributed by atoms with E-state index in [2.05, 4.69) is 25.1 Å². The summed E-state index contributed by atoms with van der Waals surface area (Å²) in [5, 5.41) is 20.7. The minimum Gasteiger partial charge on any atom is -0.393 e. The quantitative estimate of drug-likeness (QED) is 0.749. The largest absolute Gasteiger partial charge is 0.393 e. The summed E-state index contributed by atoms with van der Waals surface area (Å²) in [4.78, 5) is 0. The first-order valence-corrected chi connectivity index (χ1v) is 9.53. The van der Waals surface area contributed by atoms with Gasteiger partial charge in [-0.1, -0.05) is 44.4 Å². The zero-order valence-electron chi connectivity index (χ0n) is 14.4. The van der Waals surface area contributed by atoms with E-state index in [1.165, 1.54) is 24.0 Å². The minimum absolute atomic E-state index is 0.179. The van der Waals surface area contributed by atoms with Gasteiger partial charge in [0.25, 0.3) is 0 Å². The molecule has 0 heterocycles. The summed E-state index contributed by atoms with van der Waals surface area (Å²) in [6.07, 6.45) is 9.02. The highest BCUT2D eigenvalue weighted by Gasteiger charge is 2.44. The molecule has 0 aromatic heterocycles. The number of hydrogen-bond acceptors (Lipinski definition) is 2. The summed E-state index contributed by atoms with van der Waals surface area (Å²) < 4.78 is 0. The van der Waals surface area contributed by atoms with E-state index in [-0.39, 0.29) is 12.2 Å². The number of benzene rings is 1. The van der Waals surface area contributed by atoms with Crippen LogP contribution in [0.3, 0.4) is 0 Å². The van der Waals surface area contributed by atoms with E-state index in [1.54, 1.807) is 0 Å². The van der Waals surface area contributed by atoms with Crippen molar-refractivity contribution in [2.24, 2.45) is 17.8 Å². The van der Waals surface area contributed by atoms with Crippen LogP contribution in [0.25, 0.3) is 0 Å². The van der Waals surface area contributed by atoms with Crippen molar-refractivity contribution in [1.29, 1.82) is 0 Å². The topological polar surface area (TPSA) is 40.5 Å². The number of hydrogen-bond donors (Lipinski definition) is 2. The third-order valence-electron chi connectivity index (χ3n) is 6.13. The molecule has 1 radical (unpaired) electrons. The molecule has 4 unspecified atom stereocenters. The van der Waals surface area contributed by atoms with Crippen molar-refractivity contribution in [3.8, 4) is 0 Å². The fourth-order valence-electron chi connectivity index (χ4n) is 4.82. The van der Waals surface area contributed by atoms with Crippen LogP contribution in [0.15, 0.2) is 18.2 Å². The van der Waals surface area contributed by atoms with Crippen LogP contribution in [-0.2, 0) is 12.8 Å². The van der Waals surface area contributed by atoms with Crippen molar-refractivity contribution in [3.63, 3.8) is 0 Å². The molecule has 2 aliphatic carbocycles. The average molecular weight is 315 g/mol. The molecule has 0 saturated heterocycles. The van der Waals surface area contributed by atoms with Gasteiger partial charge in [-0.3, -0.25) is 0 Å². The fraction of sp³-hybridized carbons (Fsp3) is 0.714. The van der Waals surface area contributed by atoms with E-state index in [4.69, 9.17) is 0 Å². The smallest absolute Gasteiger partial charge is 0.0574 e. The Bertz CT molecular complexity index is 498. The van der Waals surface area contributed by atoms with Crippen molar-refractivity contribution >= 4 is 0 Å². The molecule has 0 spiro atoms. The lowest BCUT2D eigenvalue weighted by Crippen LogP contribution is -2.27. The Labute approximate surface area is 140 Å². The number of aliphatic hydroxyl groups is 2. The second kappa shape index (κ2) is 7.81. The standard InChI is InChI=1S/C21H31O2/c1-2-3-4-9-18(22)10-11-19-20-13-16-8-6-5-7-15(16)12-17(20)14-21(19)23/h5-6,8,17-23H,2-4,9-14H2,1H3/t17?,18-,19?,20?,21?/m0/s1. The van der Waals surface area contributed by atoms with E-state index >= 15 is 0 Å². The Hall–Kier alpha value is -0.860. The molecule has 5 atom stereocenters. The molecule has 1 saturated carbocycles. The van der Waals surface area contributed by atoms with Crippen LogP contribution in [0.4, 0.5) is 0 Å². The normalized spacial score (nSPS) is 30.7. The minimum atomic E-state index is -0.183. The molecule has 1 fully saturated rings. The second-order valence-electron chi connectivity index (χ2n) is 7.70. The van der Waals surface area contributed by atoms with E-state index in [9.17, 15) is 10.2 Å². The Morgan fingerprint density at radius 1 is 1.26 bits per heavy atom. The van der Waals surface area contributed by atoms with Crippen LogP contribution >= 0.6 is 0 Å². The third-order valence-corrected chi connectivity index (χ3v) is 6.13. The van der Waals surface area contributed by atoms with Crippen molar-refractivity contribution < 1.29 is 10.2 Å². The maximum absolute atomic E-state index is 10.5. The molecule has 2 N–H and O–H groups in total. The van der Waals surface area contributed by atoms with Gasteiger partial charge in [-0.05, 0) is 73.5 Å². The SMILES string of the molecule is CCCCC[C@H](O)CCC1C(O)CC2Cc3[c]cccc3CC21. The molecule has 2 heteroatoms. The summed E-state index contributed by atoms with van der Waals surface area (Å²) in [6.45, 7) is 2.19. The summed E-state index contributed by atoms with van der Waals surface area (Å²) in [5.41, 5.74) is 2.79. The van der Waals surface area contributed by atoms with Gasteiger partial charge < -0.3 is 10.2 Å². The van der Waals surface area contributed by atoms with Gasteiger partial charge in [-0.15, -0.1) is 0 Å². The van der Waals surface area contributed by atoms with Gasteiger partial charge in [-0.2, -0.15) is 0 Å². The summed E-state index contributed by atoms with van der Waals surface area (Å²) >= 11 is 0.